The molecule has 2 aromatic carbocycles. The van der Waals surface area contributed by atoms with Crippen LogP contribution >= 0.6 is 0 Å². The van der Waals surface area contributed by atoms with Crippen molar-refractivity contribution in [2.24, 2.45) is 0 Å². The van der Waals surface area contributed by atoms with Crippen molar-refractivity contribution in [3.63, 3.8) is 0 Å². The number of sulfonamides is 1. The van der Waals surface area contributed by atoms with Crippen LogP contribution in [0.3, 0.4) is 0 Å². The fourth-order valence-corrected chi connectivity index (χ4v) is 2.88. The number of nitrogens with one attached hydrogen (secondary N) is 3. The molecule has 0 bridgehead atoms. The first-order valence-electron chi connectivity index (χ1n) is 8.50. The van der Waals surface area contributed by atoms with Gasteiger partial charge in [-0.1, -0.05) is 18.2 Å². The monoisotopic (exact) mass is 405 g/mol. The summed E-state index contributed by atoms with van der Waals surface area (Å²) in [5.74, 6) is -0.576. The lowest BCUT2D eigenvalue weighted by Gasteiger charge is -2.09. The Balaban J connectivity index is 1.94. The van der Waals surface area contributed by atoms with Gasteiger partial charge in [0.2, 0.25) is 15.9 Å². The number of anilines is 2. The lowest BCUT2D eigenvalue weighted by molar-refractivity contribution is -0.119. The summed E-state index contributed by atoms with van der Waals surface area (Å²) in [4.78, 5) is 24.0. The molecule has 150 valence electrons. The molecule has 3 N–H and O–H groups in total. The maximum absolute atomic E-state index is 12.4. The highest BCUT2D eigenvalue weighted by molar-refractivity contribution is 7.88. The minimum atomic E-state index is -3.21. The smallest absolute Gasteiger partial charge is 0.255 e. The summed E-state index contributed by atoms with van der Waals surface area (Å²) in [5, 5.41) is 5.44. The minimum Gasteiger partial charge on any atom is -0.375 e. The molecule has 0 heterocycles. The van der Waals surface area contributed by atoms with Gasteiger partial charge < -0.3 is 15.4 Å². The maximum atomic E-state index is 12.4. The Morgan fingerprint density at radius 3 is 2.25 bits per heavy atom. The third kappa shape index (κ3) is 7.47. The summed E-state index contributed by atoms with van der Waals surface area (Å²) in [5.41, 5.74) is 2.47. The lowest BCUT2D eigenvalue weighted by Crippen LogP contribution is -2.24. The molecule has 8 nitrogen and oxygen atoms in total. The topological polar surface area (TPSA) is 114 Å². The molecule has 28 heavy (non-hydrogen) atoms. The van der Waals surface area contributed by atoms with E-state index < -0.39 is 10.0 Å². The summed E-state index contributed by atoms with van der Waals surface area (Å²) >= 11 is 0. The highest BCUT2D eigenvalue weighted by Crippen LogP contribution is 2.16. The number of ether oxygens (including phenoxy) is 1. The fourth-order valence-electron chi connectivity index (χ4n) is 2.41. The second-order valence-corrected chi connectivity index (χ2v) is 7.96. The van der Waals surface area contributed by atoms with Gasteiger partial charge in [0.1, 0.15) is 6.61 Å². The molecule has 0 saturated heterocycles. The van der Waals surface area contributed by atoms with Crippen LogP contribution in [0.5, 0.6) is 0 Å². The standard InChI is InChI=1S/C19H23N3O5S/c1-27-13-18(23)21-16-4-3-5-17(12-16)22-19(24)15-8-6-14(7-9-15)10-11-20-28(2,25)26/h3-9,12,20H,10-11,13H2,1-2H3,(H,21,23)(H,22,24). The first-order valence-corrected chi connectivity index (χ1v) is 10.4. The van der Waals surface area contributed by atoms with Crippen LogP contribution in [0.4, 0.5) is 11.4 Å². The molecule has 0 spiro atoms. The fraction of sp³-hybridized carbons (Fsp3) is 0.263. The number of benzene rings is 2. The van der Waals surface area contributed by atoms with Crippen molar-refractivity contribution in [3.05, 3.63) is 59.7 Å². The Kier molecular flexibility index (Phi) is 7.68. The van der Waals surface area contributed by atoms with E-state index in [4.69, 9.17) is 4.74 Å². The largest absolute Gasteiger partial charge is 0.375 e. The van der Waals surface area contributed by atoms with Gasteiger partial charge in [0.15, 0.2) is 0 Å². The molecule has 2 aromatic rings. The van der Waals surface area contributed by atoms with Crippen molar-refractivity contribution in [1.29, 1.82) is 0 Å². The Hall–Kier alpha value is -2.75. The van der Waals surface area contributed by atoms with E-state index in [1.54, 1.807) is 48.5 Å². The van der Waals surface area contributed by atoms with Crippen LogP contribution in [0.15, 0.2) is 48.5 Å². The van der Waals surface area contributed by atoms with Gasteiger partial charge >= 0.3 is 0 Å². The summed E-state index contributed by atoms with van der Waals surface area (Å²) in [7, 11) is -1.78. The van der Waals surface area contributed by atoms with Gasteiger partial charge in [-0.3, -0.25) is 9.59 Å². The molecule has 0 atom stereocenters. The number of methoxy groups -OCH3 is 1. The zero-order chi connectivity index (χ0) is 20.6. The van der Waals surface area contributed by atoms with Gasteiger partial charge in [-0.25, -0.2) is 13.1 Å². The first-order chi connectivity index (χ1) is 13.3. The summed E-state index contributed by atoms with van der Waals surface area (Å²) in [6.45, 7) is 0.245. The number of hydrogen-bond donors (Lipinski definition) is 3. The molecule has 0 fully saturated rings. The summed E-state index contributed by atoms with van der Waals surface area (Å²) in [6.07, 6.45) is 1.64. The van der Waals surface area contributed by atoms with Crippen LogP contribution < -0.4 is 15.4 Å². The highest BCUT2D eigenvalue weighted by atomic mass is 32.2. The normalized spacial score (nSPS) is 11.1. The molecule has 2 amide bonds. The minimum absolute atomic E-state index is 0.0529. The Morgan fingerprint density at radius 2 is 1.64 bits per heavy atom. The molecule has 0 aliphatic rings. The average molecular weight is 405 g/mol. The average Bonchev–Trinajstić information content (AvgIpc) is 2.61. The van der Waals surface area contributed by atoms with Gasteiger partial charge in [-0.2, -0.15) is 0 Å². The third-order valence-corrected chi connectivity index (χ3v) is 4.40. The zero-order valence-corrected chi connectivity index (χ0v) is 16.5. The van der Waals surface area contributed by atoms with E-state index in [1.165, 1.54) is 7.11 Å². The summed E-state index contributed by atoms with van der Waals surface area (Å²) in [6, 6.07) is 13.7. The Bertz CT molecular complexity index is 927. The molecule has 2 rings (SSSR count). The van der Waals surface area contributed by atoms with Gasteiger partial charge in [0.05, 0.1) is 6.26 Å². The van der Waals surface area contributed by atoms with Crippen LogP contribution in [0.2, 0.25) is 0 Å². The van der Waals surface area contributed by atoms with Crippen molar-refractivity contribution in [2.45, 2.75) is 6.42 Å². The Morgan fingerprint density at radius 1 is 1.00 bits per heavy atom. The van der Waals surface area contributed by atoms with Crippen LogP contribution in [0.25, 0.3) is 0 Å². The van der Waals surface area contributed by atoms with E-state index >= 15 is 0 Å². The molecule has 0 aliphatic heterocycles. The van der Waals surface area contributed by atoms with E-state index in [-0.39, 0.29) is 18.4 Å². The van der Waals surface area contributed by atoms with Crippen molar-refractivity contribution in [1.82, 2.24) is 4.72 Å². The van der Waals surface area contributed by atoms with E-state index in [0.29, 0.717) is 29.9 Å². The van der Waals surface area contributed by atoms with Crippen molar-refractivity contribution >= 4 is 33.2 Å². The van der Waals surface area contributed by atoms with Gasteiger partial charge in [0, 0.05) is 30.6 Å². The number of carbonyl (C=O) groups excluding carboxylic acids is 2. The van der Waals surface area contributed by atoms with E-state index in [2.05, 4.69) is 15.4 Å². The van der Waals surface area contributed by atoms with E-state index in [0.717, 1.165) is 11.8 Å². The first kappa shape index (κ1) is 21.5. The predicted molar refractivity (Wildman–Crippen MR) is 108 cm³/mol. The molecule has 0 unspecified atom stereocenters. The number of carbonyl (C=O) groups is 2. The van der Waals surface area contributed by atoms with Gasteiger partial charge in [-0.15, -0.1) is 0 Å². The van der Waals surface area contributed by atoms with Crippen molar-refractivity contribution < 1.29 is 22.7 Å². The lowest BCUT2D eigenvalue weighted by atomic mass is 10.1. The molecular weight excluding hydrogens is 382 g/mol. The summed E-state index contributed by atoms with van der Waals surface area (Å²) < 4.78 is 29.3. The number of amides is 2. The molecule has 0 aliphatic carbocycles. The SMILES string of the molecule is COCC(=O)Nc1cccc(NC(=O)c2ccc(CCNS(C)(=O)=O)cc2)c1. The predicted octanol–water partition coefficient (Wildman–Crippen LogP) is 1.62. The molecular formula is C19H23N3O5S. The molecule has 0 saturated carbocycles. The third-order valence-electron chi connectivity index (χ3n) is 3.67. The van der Waals surface area contributed by atoms with E-state index in [1.807, 2.05) is 0 Å². The zero-order valence-electron chi connectivity index (χ0n) is 15.7. The number of hydrogen-bond acceptors (Lipinski definition) is 5. The van der Waals surface area contributed by atoms with E-state index in [9.17, 15) is 18.0 Å². The van der Waals surface area contributed by atoms with Crippen LogP contribution in [-0.4, -0.2) is 46.7 Å². The number of rotatable bonds is 9. The second kappa shape index (κ2) is 9.98. The quantitative estimate of drug-likeness (QED) is 0.587. The van der Waals surface area contributed by atoms with Gasteiger partial charge in [-0.05, 0) is 42.3 Å². The van der Waals surface area contributed by atoms with Gasteiger partial charge in [0.25, 0.3) is 5.91 Å². The van der Waals surface area contributed by atoms with Crippen LogP contribution in [0, 0.1) is 0 Å². The molecule has 0 aromatic heterocycles. The van der Waals surface area contributed by atoms with Crippen LogP contribution in [0.1, 0.15) is 15.9 Å². The van der Waals surface area contributed by atoms with Crippen molar-refractivity contribution in [2.75, 3.05) is 37.2 Å². The Labute approximate surface area is 164 Å². The van der Waals surface area contributed by atoms with Crippen molar-refractivity contribution in [3.8, 4) is 0 Å². The second-order valence-electron chi connectivity index (χ2n) is 6.13. The highest BCUT2D eigenvalue weighted by Gasteiger charge is 2.08. The molecule has 0 radical (unpaired) electrons. The maximum Gasteiger partial charge on any atom is 0.255 e. The van der Waals surface area contributed by atoms with Crippen LogP contribution in [-0.2, 0) is 26.0 Å². The molecule has 9 heteroatoms.